The third-order valence-corrected chi connectivity index (χ3v) is 16.1. The standard InChI is InChI=1S/C72H92O4S/c1-5-9-13-17-21-31-49-73-67-55-65(69(75-51-33-23-19-15-11-7-3)53-63(67)57-35-27-25-28-36-57)59-39-43-61(44-40-59)71-47-48-72(77-71)62-45-41-60(42-46-62)66-56-68(74-50-32-22-18-14-10-6-2)64(58-37-29-26-30-38-58)54-70(66)76-52-34-24-20-16-12-8-4/h25-30,35-48,53-56H,5-24,31-34,49-52H2,1-4H3. The molecule has 0 atom stereocenters. The first-order valence-electron chi connectivity index (χ1n) is 30.4. The molecular formula is C72H92O4S. The Bertz CT molecular complexity index is 2500. The number of ether oxygens (including phenoxy) is 4. The molecule has 0 amide bonds. The normalized spacial score (nSPS) is 11.3. The van der Waals surface area contributed by atoms with E-state index in [1.807, 2.05) is 11.3 Å². The molecule has 0 aliphatic rings. The lowest BCUT2D eigenvalue weighted by Crippen LogP contribution is -2.03. The predicted molar refractivity (Wildman–Crippen MR) is 332 cm³/mol. The van der Waals surface area contributed by atoms with Crippen molar-refractivity contribution in [2.75, 3.05) is 26.4 Å². The highest BCUT2D eigenvalue weighted by Crippen LogP contribution is 2.45. The first-order valence-corrected chi connectivity index (χ1v) is 31.2. The molecule has 0 bridgehead atoms. The summed E-state index contributed by atoms with van der Waals surface area (Å²) >= 11 is 1.84. The van der Waals surface area contributed by atoms with Crippen molar-refractivity contribution in [3.8, 4) is 88.4 Å². The Morgan fingerprint density at radius 3 is 0.753 bits per heavy atom. The Morgan fingerprint density at radius 2 is 0.481 bits per heavy atom. The van der Waals surface area contributed by atoms with Crippen molar-refractivity contribution >= 4 is 11.3 Å². The largest absolute Gasteiger partial charge is 0.493 e. The van der Waals surface area contributed by atoms with E-state index in [1.165, 1.54) is 149 Å². The fourth-order valence-electron chi connectivity index (χ4n) is 10.3. The molecule has 77 heavy (non-hydrogen) atoms. The van der Waals surface area contributed by atoms with Gasteiger partial charge in [-0.2, -0.15) is 0 Å². The molecule has 410 valence electrons. The van der Waals surface area contributed by atoms with Crippen molar-refractivity contribution in [3.05, 3.63) is 146 Å². The lowest BCUT2D eigenvalue weighted by Gasteiger charge is -2.19. The van der Waals surface area contributed by atoms with Crippen LogP contribution in [-0.4, -0.2) is 26.4 Å². The molecule has 0 spiro atoms. The molecule has 0 radical (unpaired) electrons. The van der Waals surface area contributed by atoms with Gasteiger partial charge in [-0.3, -0.25) is 0 Å². The van der Waals surface area contributed by atoms with Crippen LogP contribution in [0.3, 0.4) is 0 Å². The van der Waals surface area contributed by atoms with E-state index in [9.17, 15) is 0 Å². The van der Waals surface area contributed by atoms with E-state index in [1.54, 1.807) is 0 Å². The van der Waals surface area contributed by atoms with Crippen molar-refractivity contribution in [2.24, 2.45) is 0 Å². The number of unbranched alkanes of at least 4 members (excludes halogenated alkanes) is 20. The van der Waals surface area contributed by atoms with Gasteiger partial charge in [0, 0.05) is 32.0 Å². The molecule has 6 aromatic carbocycles. The Kier molecular flexibility index (Phi) is 26.1. The summed E-state index contributed by atoms with van der Waals surface area (Å²) in [5.74, 6) is 3.67. The fraction of sp³-hybridized carbons (Fsp3) is 0.444. The monoisotopic (exact) mass is 1050 g/mol. The van der Waals surface area contributed by atoms with Gasteiger partial charge in [-0.25, -0.2) is 0 Å². The van der Waals surface area contributed by atoms with E-state index in [4.69, 9.17) is 18.9 Å². The molecule has 0 fully saturated rings. The van der Waals surface area contributed by atoms with Crippen LogP contribution in [0.15, 0.2) is 146 Å². The number of hydrogen-bond donors (Lipinski definition) is 0. The molecule has 0 unspecified atom stereocenters. The van der Waals surface area contributed by atoms with Crippen LogP contribution < -0.4 is 18.9 Å². The molecule has 7 aromatic rings. The molecule has 0 aliphatic heterocycles. The molecule has 0 saturated carbocycles. The molecule has 1 heterocycles. The molecule has 0 aliphatic carbocycles. The molecule has 7 rings (SSSR count). The van der Waals surface area contributed by atoms with E-state index in [0.29, 0.717) is 26.4 Å². The Hall–Kier alpha value is -5.78. The highest BCUT2D eigenvalue weighted by molar-refractivity contribution is 7.18. The van der Waals surface area contributed by atoms with Gasteiger partial charge >= 0.3 is 0 Å². The summed E-state index contributed by atoms with van der Waals surface area (Å²) in [6.07, 6.45) is 29.5. The number of rotatable bonds is 38. The van der Waals surface area contributed by atoms with E-state index >= 15 is 0 Å². The minimum Gasteiger partial charge on any atom is -0.493 e. The van der Waals surface area contributed by atoms with Crippen LogP contribution >= 0.6 is 11.3 Å². The van der Waals surface area contributed by atoms with Gasteiger partial charge in [0.25, 0.3) is 0 Å². The summed E-state index contributed by atoms with van der Waals surface area (Å²) in [5.41, 5.74) is 11.3. The second-order valence-electron chi connectivity index (χ2n) is 21.2. The maximum Gasteiger partial charge on any atom is 0.128 e. The third kappa shape index (κ3) is 19.0. The molecule has 0 N–H and O–H groups in total. The molecule has 1 aromatic heterocycles. The van der Waals surface area contributed by atoms with E-state index in [-0.39, 0.29) is 0 Å². The van der Waals surface area contributed by atoms with Crippen molar-refractivity contribution in [1.29, 1.82) is 0 Å². The van der Waals surface area contributed by atoms with Crippen LogP contribution in [0.5, 0.6) is 23.0 Å². The summed E-state index contributed by atoms with van der Waals surface area (Å²) < 4.78 is 26.9. The van der Waals surface area contributed by atoms with E-state index in [2.05, 4.69) is 173 Å². The Balaban J connectivity index is 1.12. The van der Waals surface area contributed by atoms with Crippen molar-refractivity contribution in [2.45, 2.75) is 182 Å². The van der Waals surface area contributed by atoms with E-state index < -0.39 is 0 Å². The highest BCUT2D eigenvalue weighted by Gasteiger charge is 2.19. The summed E-state index contributed by atoms with van der Waals surface area (Å²) in [4.78, 5) is 2.48. The van der Waals surface area contributed by atoms with Crippen LogP contribution in [-0.2, 0) is 0 Å². The Labute approximate surface area is 470 Å². The summed E-state index contributed by atoms with van der Waals surface area (Å²) in [6.45, 7) is 11.9. The van der Waals surface area contributed by atoms with Crippen LogP contribution in [0.25, 0.3) is 65.4 Å². The zero-order valence-electron chi connectivity index (χ0n) is 47.7. The van der Waals surface area contributed by atoms with Gasteiger partial charge < -0.3 is 18.9 Å². The second kappa shape index (κ2) is 34.2. The maximum atomic E-state index is 6.74. The van der Waals surface area contributed by atoms with Gasteiger partial charge in [0.2, 0.25) is 0 Å². The number of hydrogen-bond acceptors (Lipinski definition) is 5. The van der Waals surface area contributed by atoms with E-state index in [0.717, 1.165) is 93.2 Å². The fourth-order valence-corrected chi connectivity index (χ4v) is 11.3. The lowest BCUT2D eigenvalue weighted by molar-refractivity contribution is 0.298. The third-order valence-electron chi connectivity index (χ3n) is 14.9. The van der Waals surface area contributed by atoms with Gasteiger partial charge in [0.05, 0.1) is 26.4 Å². The minimum atomic E-state index is 0.700. The average Bonchev–Trinajstić information content (AvgIpc) is 3.98. The topological polar surface area (TPSA) is 36.9 Å². The van der Waals surface area contributed by atoms with Gasteiger partial charge in [-0.1, -0.05) is 265 Å². The molecule has 5 heteroatoms. The van der Waals surface area contributed by atoms with Crippen LogP contribution in [0, 0.1) is 0 Å². The highest BCUT2D eigenvalue weighted by atomic mass is 32.1. The second-order valence-corrected chi connectivity index (χ2v) is 22.3. The smallest absolute Gasteiger partial charge is 0.128 e. The average molecular weight is 1050 g/mol. The van der Waals surface area contributed by atoms with Gasteiger partial charge in [-0.15, -0.1) is 11.3 Å². The van der Waals surface area contributed by atoms with Crippen LogP contribution in [0.1, 0.15) is 182 Å². The lowest BCUT2D eigenvalue weighted by atomic mass is 9.97. The Morgan fingerprint density at radius 1 is 0.247 bits per heavy atom. The summed E-state index contributed by atoms with van der Waals surface area (Å²) in [7, 11) is 0. The quantitative estimate of drug-likeness (QED) is 0.0362. The van der Waals surface area contributed by atoms with Crippen molar-refractivity contribution < 1.29 is 18.9 Å². The van der Waals surface area contributed by atoms with Gasteiger partial charge in [0.1, 0.15) is 23.0 Å². The summed E-state index contributed by atoms with van der Waals surface area (Å²) in [5, 5.41) is 0. The molecule has 4 nitrogen and oxygen atoms in total. The zero-order chi connectivity index (χ0) is 53.5. The maximum absolute atomic E-state index is 6.74. The molecular weight excluding hydrogens is 961 g/mol. The van der Waals surface area contributed by atoms with Gasteiger partial charge in [0.15, 0.2) is 0 Å². The zero-order valence-corrected chi connectivity index (χ0v) is 48.5. The van der Waals surface area contributed by atoms with Gasteiger partial charge in [-0.05, 0) is 95.5 Å². The number of benzene rings is 6. The molecule has 0 saturated heterocycles. The minimum absolute atomic E-state index is 0.700. The van der Waals surface area contributed by atoms with Crippen molar-refractivity contribution in [1.82, 2.24) is 0 Å². The first kappa shape index (κ1) is 58.9. The predicted octanol–water partition coefficient (Wildman–Crippen LogP) is 22.7. The summed E-state index contributed by atoms with van der Waals surface area (Å²) in [6, 6.07) is 52.9. The number of thiophene rings is 1. The SMILES string of the molecule is CCCCCCCCOc1cc(-c2ccc(-c3ccc(-c4ccc(-c5cc(OCCCCCCCC)c(-c6ccccc6)cc5OCCCCCCCC)cc4)s3)cc2)c(OCCCCCCCC)cc1-c1ccccc1. The van der Waals surface area contributed by atoms with Crippen LogP contribution in [0.4, 0.5) is 0 Å². The van der Waals surface area contributed by atoms with Crippen molar-refractivity contribution in [3.63, 3.8) is 0 Å². The van der Waals surface area contributed by atoms with Crippen LogP contribution in [0.2, 0.25) is 0 Å². The first-order chi connectivity index (χ1) is 38.1.